The summed E-state index contributed by atoms with van der Waals surface area (Å²) < 4.78 is 2.03. The van der Waals surface area contributed by atoms with Crippen molar-refractivity contribution in [3.8, 4) is 11.1 Å². The van der Waals surface area contributed by atoms with E-state index >= 15 is 0 Å². The van der Waals surface area contributed by atoms with Gasteiger partial charge in [0.15, 0.2) is 5.65 Å². The molecule has 4 rings (SSSR count). The monoisotopic (exact) mass is 306 g/mol. The van der Waals surface area contributed by atoms with Crippen molar-refractivity contribution in [3.63, 3.8) is 0 Å². The van der Waals surface area contributed by atoms with E-state index in [-0.39, 0.29) is 0 Å². The van der Waals surface area contributed by atoms with Crippen LogP contribution in [0.4, 0.5) is 5.82 Å². The predicted octanol–water partition coefficient (Wildman–Crippen LogP) is 3.92. The van der Waals surface area contributed by atoms with Crippen LogP contribution in [0, 0.1) is 20.8 Å². The van der Waals surface area contributed by atoms with Crippen LogP contribution in [-0.2, 0) is 0 Å². The lowest BCUT2D eigenvalue weighted by Crippen LogP contribution is -2.21. The van der Waals surface area contributed by atoms with E-state index in [1.807, 2.05) is 4.52 Å². The lowest BCUT2D eigenvalue weighted by molar-refractivity contribution is 0.837. The Morgan fingerprint density at radius 2 is 1.65 bits per heavy atom. The smallest absolute Gasteiger partial charge is 0.165 e. The molecule has 4 heteroatoms. The third-order valence-electron chi connectivity index (χ3n) is 4.64. The van der Waals surface area contributed by atoms with Crippen LogP contribution in [0.15, 0.2) is 30.3 Å². The molecule has 3 heterocycles. The highest BCUT2D eigenvalue weighted by Gasteiger charge is 2.20. The molecule has 1 aromatic carbocycles. The Hall–Kier alpha value is -2.36. The fourth-order valence-electron chi connectivity index (χ4n) is 3.46. The molecule has 0 aliphatic carbocycles. The first-order valence-electron chi connectivity index (χ1n) is 8.32. The second kappa shape index (κ2) is 5.37. The van der Waals surface area contributed by atoms with Gasteiger partial charge in [-0.15, -0.1) is 0 Å². The molecule has 0 bridgehead atoms. The van der Waals surface area contributed by atoms with Gasteiger partial charge < -0.3 is 4.90 Å². The van der Waals surface area contributed by atoms with Crippen LogP contribution in [-0.4, -0.2) is 27.7 Å². The average Bonchev–Trinajstić information content (AvgIpc) is 3.15. The number of aryl methyl sites for hydroxylation is 3. The number of hydrogen-bond donors (Lipinski definition) is 0. The molecule has 1 aliphatic heterocycles. The maximum Gasteiger partial charge on any atom is 0.165 e. The van der Waals surface area contributed by atoms with Crippen molar-refractivity contribution in [2.75, 3.05) is 18.0 Å². The Morgan fingerprint density at radius 3 is 2.35 bits per heavy atom. The Kier molecular flexibility index (Phi) is 3.33. The first kappa shape index (κ1) is 14.2. The lowest BCUT2D eigenvalue weighted by atomic mass is 10.0. The molecule has 4 nitrogen and oxygen atoms in total. The first-order chi connectivity index (χ1) is 11.1. The van der Waals surface area contributed by atoms with Crippen LogP contribution in [0.2, 0.25) is 0 Å². The van der Waals surface area contributed by atoms with Gasteiger partial charge in [0.05, 0.1) is 5.69 Å². The molecular formula is C19H22N4. The zero-order valence-corrected chi connectivity index (χ0v) is 14.0. The van der Waals surface area contributed by atoms with Gasteiger partial charge in [-0.3, -0.25) is 0 Å². The Bertz CT molecular complexity index is 855. The van der Waals surface area contributed by atoms with E-state index in [1.54, 1.807) is 0 Å². The Labute approximate surface area is 136 Å². The maximum atomic E-state index is 4.81. The van der Waals surface area contributed by atoms with Crippen LogP contribution in [0.5, 0.6) is 0 Å². The van der Waals surface area contributed by atoms with Crippen molar-refractivity contribution in [2.45, 2.75) is 33.6 Å². The van der Waals surface area contributed by atoms with Crippen molar-refractivity contribution in [2.24, 2.45) is 0 Å². The Balaban J connectivity index is 1.95. The minimum atomic E-state index is 0.966. The molecule has 1 saturated heterocycles. The summed E-state index contributed by atoms with van der Waals surface area (Å²) in [7, 11) is 0. The number of fused-ring (bicyclic) bond motifs is 1. The molecular weight excluding hydrogens is 284 g/mol. The summed E-state index contributed by atoms with van der Waals surface area (Å²) >= 11 is 0. The van der Waals surface area contributed by atoms with E-state index < -0.39 is 0 Å². The summed E-state index contributed by atoms with van der Waals surface area (Å²) in [4.78, 5) is 7.22. The third kappa shape index (κ3) is 2.38. The highest BCUT2D eigenvalue weighted by molar-refractivity contribution is 5.81. The van der Waals surface area contributed by atoms with E-state index in [2.05, 4.69) is 56.0 Å². The van der Waals surface area contributed by atoms with E-state index in [4.69, 9.17) is 10.1 Å². The second-order valence-electron chi connectivity index (χ2n) is 6.51. The topological polar surface area (TPSA) is 33.4 Å². The zero-order chi connectivity index (χ0) is 16.0. The number of hydrogen-bond acceptors (Lipinski definition) is 3. The zero-order valence-electron chi connectivity index (χ0n) is 14.0. The molecule has 0 spiro atoms. The molecule has 3 aromatic rings. The van der Waals surface area contributed by atoms with E-state index in [1.165, 1.54) is 29.8 Å². The van der Waals surface area contributed by atoms with Crippen LogP contribution in [0.1, 0.15) is 29.8 Å². The van der Waals surface area contributed by atoms with Gasteiger partial charge in [-0.2, -0.15) is 9.61 Å². The molecule has 118 valence electrons. The highest BCUT2D eigenvalue weighted by Crippen LogP contribution is 2.31. The fraction of sp³-hybridized carbons (Fsp3) is 0.368. The number of nitrogens with zero attached hydrogens (tertiary/aromatic N) is 4. The number of anilines is 1. The van der Waals surface area contributed by atoms with Crippen molar-refractivity contribution in [1.82, 2.24) is 14.6 Å². The molecule has 1 aliphatic rings. The number of aromatic nitrogens is 3. The molecule has 0 radical (unpaired) electrons. The van der Waals surface area contributed by atoms with Crippen LogP contribution < -0.4 is 4.90 Å². The van der Waals surface area contributed by atoms with Gasteiger partial charge >= 0.3 is 0 Å². The minimum Gasteiger partial charge on any atom is -0.356 e. The highest BCUT2D eigenvalue weighted by atomic mass is 15.4. The fourth-order valence-corrected chi connectivity index (χ4v) is 3.46. The normalized spacial score (nSPS) is 14.8. The van der Waals surface area contributed by atoms with Crippen molar-refractivity contribution < 1.29 is 0 Å². The first-order valence-corrected chi connectivity index (χ1v) is 8.32. The van der Waals surface area contributed by atoms with Gasteiger partial charge in [-0.05, 0) is 39.2 Å². The number of benzene rings is 1. The molecule has 2 aromatic heterocycles. The van der Waals surface area contributed by atoms with Crippen LogP contribution in [0.3, 0.4) is 0 Å². The largest absolute Gasteiger partial charge is 0.356 e. The summed E-state index contributed by atoms with van der Waals surface area (Å²) in [6.45, 7) is 8.48. The van der Waals surface area contributed by atoms with Gasteiger partial charge in [0.25, 0.3) is 0 Å². The lowest BCUT2D eigenvalue weighted by Gasteiger charge is -2.18. The summed E-state index contributed by atoms with van der Waals surface area (Å²) in [6.07, 6.45) is 2.52. The summed E-state index contributed by atoms with van der Waals surface area (Å²) in [5, 5.41) is 4.81. The van der Waals surface area contributed by atoms with Gasteiger partial charge in [-0.25, -0.2) is 4.98 Å². The Morgan fingerprint density at radius 1 is 0.957 bits per heavy atom. The standard InChI is InChI=1S/C19H22N4/c1-13-6-8-16(9-7-13)18-15(3)21-23-17(22-10-4-5-11-22)12-14(2)20-19(18)23/h6-9,12H,4-5,10-11H2,1-3H3. The molecule has 0 saturated carbocycles. The van der Waals surface area contributed by atoms with Gasteiger partial charge in [-0.1, -0.05) is 29.8 Å². The van der Waals surface area contributed by atoms with E-state index in [0.29, 0.717) is 0 Å². The summed E-state index contributed by atoms with van der Waals surface area (Å²) in [5.41, 5.74) is 6.65. The van der Waals surface area contributed by atoms with Crippen LogP contribution >= 0.6 is 0 Å². The SMILES string of the molecule is Cc1ccc(-c2c(C)nn3c(N4CCCC4)cc(C)nc23)cc1. The van der Waals surface area contributed by atoms with Crippen molar-refractivity contribution in [3.05, 3.63) is 47.3 Å². The molecule has 0 amide bonds. The van der Waals surface area contributed by atoms with Gasteiger partial charge in [0, 0.05) is 30.4 Å². The molecule has 0 unspecified atom stereocenters. The summed E-state index contributed by atoms with van der Waals surface area (Å²) in [5.74, 6) is 1.17. The van der Waals surface area contributed by atoms with Crippen molar-refractivity contribution >= 4 is 11.5 Å². The maximum absolute atomic E-state index is 4.81. The third-order valence-corrected chi connectivity index (χ3v) is 4.64. The molecule has 0 N–H and O–H groups in total. The minimum absolute atomic E-state index is 0.966. The van der Waals surface area contributed by atoms with E-state index in [0.717, 1.165) is 35.7 Å². The summed E-state index contributed by atoms with van der Waals surface area (Å²) in [6, 6.07) is 10.8. The predicted molar refractivity (Wildman–Crippen MR) is 94.1 cm³/mol. The average molecular weight is 306 g/mol. The van der Waals surface area contributed by atoms with Crippen molar-refractivity contribution in [1.29, 1.82) is 0 Å². The molecule has 23 heavy (non-hydrogen) atoms. The number of rotatable bonds is 2. The second-order valence-corrected chi connectivity index (χ2v) is 6.51. The molecule has 1 fully saturated rings. The van der Waals surface area contributed by atoms with E-state index in [9.17, 15) is 0 Å². The quantitative estimate of drug-likeness (QED) is 0.719. The van der Waals surface area contributed by atoms with Gasteiger partial charge in [0.2, 0.25) is 0 Å². The van der Waals surface area contributed by atoms with Crippen LogP contribution in [0.25, 0.3) is 16.8 Å². The van der Waals surface area contributed by atoms with Gasteiger partial charge in [0.1, 0.15) is 5.82 Å². The molecule has 0 atom stereocenters.